The number of amides is 2. The molecule has 0 aliphatic rings. The van der Waals surface area contributed by atoms with E-state index in [4.69, 9.17) is 0 Å². The lowest BCUT2D eigenvalue weighted by molar-refractivity contribution is -0.121. The number of carbonyl (C=O) groups excluding carboxylic acids is 2. The molecule has 6 heteroatoms. The molecule has 0 bridgehead atoms. The Hall–Kier alpha value is 0.400. The van der Waals surface area contributed by atoms with Crippen LogP contribution >= 0.6 is 45.2 Å². The Morgan fingerprint density at radius 1 is 0.882 bits per heavy atom. The molecule has 0 saturated carbocycles. The summed E-state index contributed by atoms with van der Waals surface area (Å²) in [5.74, 6) is 0.149. The zero-order valence-electron chi connectivity index (χ0n) is 9.94. The van der Waals surface area contributed by atoms with Crippen molar-refractivity contribution in [2.75, 3.05) is 17.5 Å². The fraction of sp³-hybridized carbons (Fsp3) is 0.818. The Bertz CT molecular complexity index is 226. The van der Waals surface area contributed by atoms with Crippen molar-refractivity contribution < 1.29 is 9.59 Å². The molecule has 17 heavy (non-hydrogen) atoms. The van der Waals surface area contributed by atoms with Crippen LogP contribution in [0.2, 0.25) is 0 Å². The van der Waals surface area contributed by atoms with Crippen LogP contribution < -0.4 is 10.6 Å². The first-order valence-electron chi connectivity index (χ1n) is 5.93. The minimum absolute atomic E-state index is 0.0180. The SMILES string of the molecule is O=C(I)NCCCCCC(=O)NCCCCI. The van der Waals surface area contributed by atoms with E-state index in [1.807, 2.05) is 0 Å². The lowest BCUT2D eigenvalue weighted by atomic mass is 10.2. The first-order valence-corrected chi connectivity index (χ1v) is 8.53. The van der Waals surface area contributed by atoms with Crippen molar-refractivity contribution in [3.05, 3.63) is 0 Å². The normalized spacial score (nSPS) is 10.0. The minimum atomic E-state index is -0.0180. The summed E-state index contributed by atoms with van der Waals surface area (Å²) in [5.41, 5.74) is 0. The van der Waals surface area contributed by atoms with Gasteiger partial charge in [-0.2, -0.15) is 0 Å². The van der Waals surface area contributed by atoms with E-state index in [0.717, 1.165) is 43.1 Å². The average Bonchev–Trinajstić information content (AvgIpc) is 2.29. The summed E-state index contributed by atoms with van der Waals surface area (Å²) in [6.07, 6.45) is 5.65. The molecule has 100 valence electrons. The maximum Gasteiger partial charge on any atom is 0.280 e. The molecule has 0 heterocycles. The second-order valence-corrected chi connectivity index (χ2v) is 5.82. The van der Waals surface area contributed by atoms with Crippen LogP contribution in [0.25, 0.3) is 0 Å². The summed E-state index contributed by atoms with van der Waals surface area (Å²) in [6, 6.07) is 0. The quantitative estimate of drug-likeness (QED) is 0.171. The van der Waals surface area contributed by atoms with E-state index in [0.29, 0.717) is 13.0 Å². The number of halogens is 2. The van der Waals surface area contributed by atoms with Crippen LogP contribution in [0.15, 0.2) is 0 Å². The van der Waals surface area contributed by atoms with E-state index in [2.05, 4.69) is 33.2 Å². The molecule has 0 aliphatic carbocycles. The summed E-state index contributed by atoms with van der Waals surface area (Å²) in [4.78, 5) is 21.9. The van der Waals surface area contributed by atoms with Crippen molar-refractivity contribution in [3.63, 3.8) is 0 Å². The summed E-state index contributed by atoms with van der Waals surface area (Å²) >= 11 is 4.06. The Kier molecular flexibility index (Phi) is 13.1. The Balaban J connectivity index is 3.19. The zero-order valence-corrected chi connectivity index (χ0v) is 14.3. The number of hydrogen-bond acceptors (Lipinski definition) is 2. The molecule has 2 amide bonds. The van der Waals surface area contributed by atoms with Crippen LogP contribution in [0, 0.1) is 0 Å². The van der Waals surface area contributed by atoms with Crippen molar-refractivity contribution in [2.24, 2.45) is 0 Å². The van der Waals surface area contributed by atoms with Gasteiger partial charge in [0.2, 0.25) is 5.91 Å². The van der Waals surface area contributed by atoms with E-state index >= 15 is 0 Å². The maximum absolute atomic E-state index is 11.4. The molecular weight excluding hydrogens is 446 g/mol. The first kappa shape index (κ1) is 17.4. The highest BCUT2D eigenvalue weighted by molar-refractivity contribution is 14.1. The van der Waals surface area contributed by atoms with E-state index in [-0.39, 0.29) is 9.82 Å². The number of nitrogens with one attached hydrogen (secondary N) is 2. The van der Waals surface area contributed by atoms with Crippen LogP contribution in [0.4, 0.5) is 4.79 Å². The van der Waals surface area contributed by atoms with E-state index in [1.54, 1.807) is 22.6 Å². The molecule has 0 atom stereocenters. The molecule has 0 rings (SSSR count). The van der Waals surface area contributed by atoms with Crippen LogP contribution in [-0.2, 0) is 4.79 Å². The molecular formula is C11H20I2N2O2. The molecule has 0 unspecified atom stereocenters. The first-order chi connectivity index (χ1) is 8.16. The smallest absolute Gasteiger partial charge is 0.280 e. The van der Waals surface area contributed by atoms with Gasteiger partial charge in [-0.25, -0.2) is 0 Å². The molecule has 0 aliphatic heterocycles. The predicted molar refractivity (Wildman–Crippen MR) is 87.0 cm³/mol. The molecule has 0 aromatic heterocycles. The average molecular weight is 466 g/mol. The van der Waals surface area contributed by atoms with Gasteiger partial charge in [0.25, 0.3) is 3.91 Å². The summed E-state index contributed by atoms with van der Waals surface area (Å²) in [5, 5.41) is 5.64. The van der Waals surface area contributed by atoms with Gasteiger partial charge in [0.1, 0.15) is 0 Å². The van der Waals surface area contributed by atoms with Crippen molar-refractivity contribution >= 4 is 55.0 Å². The molecule has 0 spiro atoms. The number of alkyl halides is 1. The van der Waals surface area contributed by atoms with Gasteiger partial charge < -0.3 is 10.6 Å². The fourth-order valence-electron chi connectivity index (χ4n) is 1.31. The van der Waals surface area contributed by atoms with Gasteiger partial charge in [-0.15, -0.1) is 0 Å². The Morgan fingerprint density at radius 3 is 2.18 bits per heavy atom. The van der Waals surface area contributed by atoms with Crippen molar-refractivity contribution in [1.82, 2.24) is 10.6 Å². The topological polar surface area (TPSA) is 58.2 Å². The molecule has 4 nitrogen and oxygen atoms in total. The Labute approximate surface area is 130 Å². The van der Waals surface area contributed by atoms with E-state index in [1.165, 1.54) is 0 Å². The van der Waals surface area contributed by atoms with Crippen molar-refractivity contribution in [2.45, 2.75) is 38.5 Å². The van der Waals surface area contributed by atoms with Crippen LogP contribution in [-0.4, -0.2) is 27.3 Å². The minimum Gasteiger partial charge on any atom is -0.356 e. The number of rotatable bonds is 10. The van der Waals surface area contributed by atoms with E-state index < -0.39 is 0 Å². The largest absolute Gasteiger partial charge is 0.356 e. The molecule has 0 saturated heterocycles. The fourth-order valence-corrected chi connectivity index (χ4v) is 2.12. The molecule has 0 aromatic carbocycles. The highest BCUT2D eigenvalue weighted by atomic mass is 127. The molecule has 0 radical (unpaired) electrons. The molecule has 0 fully saturated rings. The summed E-state index contributed by atoms with van der Waals surface area (Å²) in [6.45, 7) is 1.51. The number of hydrogen-bond donors (Lipinski definition) is 2. The van der Waals surface area contributed by atoms with Gasteiger partial charge in [0.05, 0.1) is 0 Å². The standard InChI is InChI=1S/C11H20I2N2O2/c12-7-3-5-8-14-10(16)6-2-1-4-9-15-11(13)17/h1-9H2,(H,14,16)(H,15,17). The zero-order chi connectivity index (χ0) is 12.9. The van der Waals surface area contributed by atoms with Crippen LogP contribution in [0.3, 0.4) is 0 Å². The number of unbranched alkanes of at least 4 members (excludes halogenated alkanes) is 3. The van der Waals surface area contributed by atoms with E-state index in [9.17, 15) is 9.59 Å². The van der Waals surface area contributed by atoms with Gasteiger partial charge in [0.15, 0.2) is 0 Å². The highest BCUT2D eigenvalue weighted by Gasteiger charge is 2.00. The second kappa shape index (κ2) is 12.8. The van der Waals surface area contributed by atoms with Gasteiger partial charge in [-0.05, 0) is 30.1 Å². The van der Waals surface area contributed by atoms with Crippen molar-refractivity contribution in [3.8, 4) is 0 Å². The van der Waals surface area contributed by atoms with Crippen LogP contribution in [0.1, 0.15) is 38.5 Å². The maximum atomic E-state index is 11.4. The summed E-state index contributed by atoms with van der Waals surface area (Å²) in [7, 11) is 0. The van der Waals surface area contributed by atoms with Gasteiger partial charge in [-0.3, -0.25) is 9.59 Å². The van der Waals surface area contributed by atoms with Gasteiger partial charge >= 0.3 is 0 Å². The van der Waals surface area contributed by atoms with Gasteiger partial charge in [0, 0.05) is 42.1 Å². The Morgan fingerprint density at radius 2 is 1.53 bits per heavy atom. The summed E-state index contributed by atoms with van der Waals surface area (Å²) < 4.78 is 1.13. The third kappa shape index (κ3) is 14.3. The number of carbonyl (C=O) groups is 2. The molecule has 0 aromatic rings. The van der Waals surface area contributed by atoms with Crippen LogP contribution in [0.5, 0.6) is 0 Å². The predicted octanol–water partition coefficient (Wildman–Crippen LogP) is 3.02. The third-order valence-corrected chi connectivity index (χ3v) is 3.37. The lowest BCUT2D eigenvalue weighted by Gasteiger charge is -2.04. The lowest BCUT2D eigenvalue weighted by Crippen LogP contribution is -2.24. The second-order valence-electron chi connectivity index (χ2n) is 3.76. The monoisotopic (exact) mass is 466 g/mol. The molecule has 2 N–H and O–H groups in total. The highest BCUT2D eigenvalue weighted by Crippen LogP contribution is 2.00. The van der Waals surface area contributed by atoms with Crippen molar-refractivity contribution in [1.29, 1.82) is 0 Å². The third-order valence-electron chi connectivity index (χ3n) is 2.23. The van der Waals surface area contributed by atoms with Gasteiger partial charge in [-0.1, -0.05) is 29.0 Å².